The number of nitrogens with zero attached hydrogens (tertiary/aromatic N) is 4. The van der Waals surface area contributed by atoms with E-state index >= 15 is 0 Å². The number of rotatable bonds is 7. The molecule has 8 heteroatoms. The Labute approximate surface area is 187 Å². The van der Waals surface area contributed by atoms with Gasteiger partial charge in [-0.3, -0.25) is 4.79 Å². The van der Waals surface area contributed by atoms with Crippen molar-refractivity contribution in [3.8, 4) is 11.4 Å². The van der Waals surface area contributed by atoms with E-state index in [1.807, 2.05) is 12.1 Å². The average Bonchev–Trinajstić information content (AvgIpc) is 3.28. The molecule has 1 N–H and O–H groups in total. The number of anilines is 1. The second-order valence-electron chi connectivity index (χ2n) is 8.17. The Hall–Kier alpha value is -3.26. The molecule has 0 saturated carbocycles. The third-order valence-electron chi connectivity index (χ3n) is 5.78. The first-order chi connectivity index (χ1) is 15.5. The van der Waals surface area contributed by atoms with E-state index in [9.17, 15) is 9.18 Å². The molecule has 1 amide bonds. The van der Waals surface area contributed by atoms with Gasteiger partial charge in [0.1, 0.15) is 5.82 Å². The fourth-order valence-corrected chi connectivity index (χ4v) is 3.72. The number of nitrogens with one attached hydrogen (secondary N) is 1. The second-order valence-corrected chi connectivity index (χ2v) is 8.17. The molecule has 32 heavy (non-hydrogen) atoms. The average molecular weight is 438 g/mol. The van der Waals surface area contributed by atoms with E-state index in [0.717, 1.165) is 31.7 Å². The van der Waals surface area contributed by atoms with Crippen LogP contribution in [-0.4, -0.2) is 54.2 Å². The van der Waals surface area contributed by atoms with Crippen LogP contribution in [-0.2, 0) is 17.8 Å². The third-order valence-corrected chi connectivity index (χ3v) is 5.78. The predicted octanol–water partition coefficient (Wildman–Crippen LogP) is 3.18. The van der Waals surface area contributed by atoms with E-state index in [2.05, 4.69) is 44.4 Å². The molecule has 1 aliphatic heterocycles. The van der Waals surface area contributed by atoms with Crippen LogP contribution in [0.3, 0.4) is 0 Å². The van der Waals surface area contributed by atoms with Gasteiger partial charge < -0.3 is 19.6 Å². The third kappa shape index (κ3) is 5.31. The van der Waals surface area contributed by atoms with Crippen molar-refractivity contribution < 1.29 is 13.7 Å². The van der Waals surface area contributed by atoms with E-state index in [1.54, 1.807) is 19.1 Å². The molecule has 2 aromatic carbocycles. The summed E-state index contributed by atoms with van der Waals surface area (Å²) in [5.74, 6) is 0.277. The number of piperazine rings is 1. The van der Waals surface area contributed by atoms with Gasteiger partial charge in [-0.1, -0.05) is 35.5 Å². The molecule has 4 rings (SSSR count). The van der Waals surface area contributed by atoms with Crippen molar-refractivity contribution in [3.63, 3.8) is 0 Å². The first kappa shape index (κ1) is 22.0. The Balaban J connectivity index is 1.30. The van der Waals surface area contributed by atoms with Crippen molar-refractivity contribution in [3.05, 3.63) is 65.3 Å². The monoisotopic (exact) mass is 437 g/mol. The molecule has 0 aliphatic carbocycles. The maximum absolute atomic E-state index is 13.8. The number of amides is 1. The fourth-order valence-electron chi connectivity index (χ4n) is 3.72. The van der Waals surface area contributed by atoms with Gasteiger partial charge >= 0.3 is 0 Å². The highest BCUT2D eigenvalue weighted by Gasteiger charge is 2.17. The maximum atomic E-state index is 13.8. The number of para-hydroxylation sites is 1. The topological polar surface area (TPSA) is 74.5 Å². The first-order valence-corrected chi connectivity index (χ1v) is 10.9. The van der Waals surface area contributed by atoms with Crippen molar-refractivity contribution in [2.45, 2.75) is 26.3 Å². The molecular formula is C24H28FN5O2. The number of aromatic nitrogens is 2. The van der Waals surface area contributed by atoms with Crippen LogP contribution < -0.4 is 10.2 Å². The van der Waals surface area contributed by atoms with Crippen molar-refractivity contribution in [1.82, 2.24) is 20.4 Å². The minimum atomic E-state index is -0.315. The van der Waals surface area contributed by atoms with Gasteiger partial charge in [0.2, 0.25) is 17.6 Å². The first-order valence-electron chi connectivity index (χ1n) is 10.9. The van der Waals surface area contributed by atoms with Crippen LogP contribution in [0.5, 0.6) is 0 Å². The maximum Gasteiger partial charge on any atom is 0.227 e. The van der Waals surface area contributed by atoms with Crippen LogP contribution in [0.25, 0.3) is 11.4 Å². The SMILES string of the molecule is Cc1ccc(-c2noc(CCC(=O)NCc3ccccc3N3CCN(C)CC3)n2)cc1F. The summed E-state index contributed by atoms with van der Waals surface area (Å²) in [5, 5.41) is 6.90. The summed E-state index contributed by atoms with van der Waals surface area (Å²) in [4.78, 5) is 21.4. The molecule has 0 unspecified atom stereocenters. The van der Waals surface area contributed by atoms with E-state index in [1.165, 1.54) is 11.8 Å². The lowest BCUT2D eigenvalue weighted by Gasteiger charge is -2.35. The molecule has 0 radical (unpaired) electrons. The predicted molar refractivity (Wildman–Crippen MR) is 121 cm³/mol. The van der Waals surface area contributed by atoms with E-state index in [4.69, 9.17) is 4.52 Å². The number of halogens is 1. The zero-order valence-electron chi connectivity index (χ0n) is 18.5. The quantitative estimate of drug-likeness (QED) is 0.612. The molecule has 1 saturated heterocycles. The molecule has 7 nitrogen and oxygen atoms in total. The number of carbonyl (C=O) groups excluding carboxylic acids is 1. The highest BCUT2D eigenvalue weighted by molar-refractivity contribution is 5.76. The summed E-state index contributed by atoms with van der Waals surface area (Å²) in [7, 11) is 2.13. The zero-order valence-corrected chi connectivity index (χ0v) is 18.5. The van der Waals surface area contributed by atoms with Gasteiger partial charge in [-0.15, -0.1) is 0 Å². The van der Waals surface area contributed by atoms with Crippen LogP contribution in [0.2, 0.25) is 0 Å². The minimum Gasteiger partial charge on any atom is -0.369 e. The smallest absolute Gasteiger partial charge is 0.227 e. The summed E-state index contributed by atoms with van der Waals surface area (Å²) >= 11 is 0. The lowest BCUT2D eigenvalue weighted by Crippen LogP contribution is -2.45. The number of carbonyl (C=O) groups is 1. The van der Waals surface area contributed by atoms with E-state index in [0.29, 0.717) is 35.8 Å². The lowest BCUT2D eigenvalue weighted by atomic mass is 10.1. The second kappa shape index (κ2) is 9.91. The number of hydrogen-bond acceptors (Lipinski definition) is 6. The zero-order chi connectivity index (χ0) is 22.5. The normalized spacial score (nSPS) is 14.5. The van der Waals surface area contributed by atoms with Crippen LogP contribution in [0.15, 0.2) is 47.0 Å². The summed E-state index contributed by atoms with van der Waals surface area (Å²) in [5.41, 5.74) is 3.39. The highest BCUT2D eigenvalue weighted by atomic mass is 19.1. The lowest BCUT2D eigenvalue weighted by molar-refractivity contribution is -0.121. The van der Waals surface area contributed by atoms with Gasteiger partial charge in [0.05, 0.1) is 0 Å². The van der Waals surface area contributed by atoms with Crippen LogP contribution in [0.1, 0.15) is 23.4 Å². The van der Waals surface area contributed by atoms with E-state index in [-0.39, 0.29) is 18.1 Å². The van der Waals surface area contributed by atoms with E-state index < -0.39 is 0 Å². The Morgan fingerprint density at radius 2 is 1.94 bits per heavy atom. The van der Waals surface area contributed by atoms with Gasteiger partial charge in [0, 0.05) is 56.8 Å². The summed E-state index contributed by atoms with van der Waals surface area (Å²) < 4.78 is 19.0. The van der Waals surface area contributed by atoms with Gasteiger partial charge in [0.15, 0.2) is 0 Å². The Morgan fingerprint density at radius 3 is 2.72 bits per heavy atom. The Morgan fingerprint density at radius 1 is 1.16 bits per heavy atom. The summed E-state index contributed by atoms with van der Waals surface area (Å²) in [6, 6.07) is 13.0. The van der Waals surface area contributed by atoms with Crippen molar-refractivity contribution in [2.24, 2.45) is 0 Å². The molecule has 0 spiro atoms. The van der Waals surface area contributed by atoms with Crippen molar-refractivity contribution >= 4 is 11.6 Å². The van der Waals surface area contributed by atoms with Gasteiger partial charge in [-0.25, -0.2) is 4.39 Å². The van der Waals surface area contributed by atoms with Gasteiger partial charge in [-0.05, 0) is 37.2 Å². The van der Waals surface area contributed by atoms with Crippen molar-refractivity contribution in [1.29, 1.82) is 0 Å². The molecule has 1 fully saturated rings. The Bertz CT molecular complexity index is 1080. The van der Waals surface area contributed by atoms with Crippen LogP contribution >= 0.6 is 0 Å². The molecule has 0 bridgehead atoms. The van der Waals surface area contributed by atoms with Crippen molar-refractivity contribution in [2.75, 3.05) is 38.1 Å². The molecule has 0 atom stereocenters. The van der Waals surface area contributed by atoms with Crippen LogP contribution in [0, 0.1) is 12.7 Å². The van der Waals surface area contributed by atoms with Crippen LogP contribution in [0.4, 0.5) is 10.1 Å². The Kier molecular flexibility index (Phi) is 6.80. The number of aryl methyl sites for hydroxylation is 2. The molecule has 3 aromatic rings. The standard InChI is InChI=1S/C24H28FN5O2/c1-17-7-8-18(15-20(17)25)24-27-23(32-28-24)10-9-22(31)26-16-19-5-3-4-6-21(19)30-13-11-29(2)12-14-30/h3-8,15H,9-14,16H2,1-2H3,(H,26,31). The number of likely N-dealkylation sites (N-methyl/N-ethyl adjacent to an activating group) is 1. The molecule has 1 aliphatic rings. The largest absolute Gasteiger partial charge is 0.369 e. The molecule has 168 valence electrons. The molecule has 2 heterocycles. The number of hydrogen-bond donors (Lipinski definition) is 1. The molecular weight excluding hydrogens is 409 g/mol. The molecule has 1 aromatic heterocycles. The summed E-state index contributed by atoms with van der Waals surface area (Å²) in [6.07, 6.45) is 0.563. The number of benzene rings is 2. The minimum absolute atomic E-state index is 0.0840. The summed E-state index contributed by atoms with van der Waals surface area (Å²) in [6.45, 7) is 6.18. The highest BCUT2D eigenvalue weighted by Crippen LogP contribution is 2.22. The van der Waals surface area contributed by atoms with Gasteiger partial charge in [0.25, 0.3) is 0 Å². The van der Waals surface area contributed by atoms with Gasteiger partial charge in [-0.2, -0.15) is 4.98 Å². The fraction of sp³-hybridized carbons (Fsp3) is 0.375.